The zero-order valence-electron chi connectivity index (χ0n) is 12.5. The van der Waals surface area contributed by atoms with Gasteiger partial charge in [0.2, 0.25) is 11.8 Å². The number of hydrogen-bond donors (Lipinski definition) is 2. The molecule has 0 aliphatic carbocycles. The Kier molecular flexibility index (Phi) is 6.10. The van der Waals surface area contributed by atoms with Crippen molar-refractivity contribution in [2.45, 2.75) is 6.92 Å². The van der Waals surface area contributed by atoms with Gasteiger partial charge in [-0.1, -0.05) is 15.9 Å². The van der Waals surface area contributed by atoms with Crippen molar-refractivity contribution in [2.75, 3.05) is 18.5 Å². The predicted molar refractivity (Wildman–Crippen MR) is 90.5 cm³/mol. The van der Waals surface area contributed by atoms with E-state index in [9.17, 15) is 9.59 Å². The number of benzene rings is 1. The summed E-state index contributed by atoms with van der Waals surface area (Å²) in [5.41, 5.74) is 0.953. The molecule has 23 heavy (non-hydrogen) atoms. The average Bonchev–Trinajstić information content (AvgIpc) is 2.56. The number of aromatic nitrogens is 1. The first kappa shape index (κ1) is 17.0. The van der Waals surface area contributed by atoms with E-state index in [0.29, 0.717) is 17.9 Å². The molecule has 1 aromatic carbocycles. The Labute approximate surface area is 142 Å². The van der Waals surface area contributed by atoms with E-state index in [1.165, 1.54) is 0 Å². The molecule has 1 aromatic heterocycles. The second kappa shape index (κ2) is 8.28. The van der Waals surface area contributed by atoms with Crippen molar-refractivity contribution in [3.05, 3.63) is 52.6 Å². The number of hydrogen-bond acceptors (Lipinski definition) is 4. The first-order valence-electron chi connectivity index (χ1n) is 7.01. The quantitative estimate of drug-likeness (QED) is 0.810. The van der Waals surface area contributed by atoms with Crippen molar-refractivity contribution in [3.63, 3.8) is 0 Å². The highest BCUT2D eigenvalue weighted by molar-refractivity contribution is 9.10. The minimum absolute atomic E-state index is 0.143. The van der Waals surface area contributed by atoms with Crippen LogP contribution in [0.25, 0.3) is 0 Å². The van der Waals surface area contributed by atoms with Crippen molar-refractivity contribution in [1.29, 1.82) is 0 Å². The summed E-state index contributed by atoms with van der Waals surface area (Å²) in [6.45, 7) is 2.07. The van der Waals surface area contributed by atoms with Crippen LogP contribution in [-0.4, -0.2) is 29.9 Å². The smallest absolute Gasteiger partial charge is 0.257 e. The minimum Gasteiger partial charge on any atom is -0.477 e. The lowest BCUT2D eigenvalue weighted by atomic mass is 10.2. The van der Waals surface area contributed by atoms with E-state index in [0.717, 1.165) is 4.47 Å². The topological polar surface area (TPSA) is 80.3 Å². The van der Waals surface area contributed by atoms with Crippen LogP contribution in [0, 0.1) is 0 Å². The zero-order chi connectivity index (χ0) is 16.7. The second-order valence-electron chi connectivity index (χ2n) is 4.53. The predicted octanol–water partition coefficient (Wildman–Crippen LogP) is 2.61. The van der Waals surface area contributed by atoms with Gasteiger partial charge in [0.15, 0.2) is 0 Å². The summed E-state index contributed by atoms with van der Waals surface area (Å²) in [5, 5.41) is 5.24. The number of carbonyl (C=O) groups excluding carboxylic acids is 2. The number of ether oxygens (including phenoxy) is 1. The number of halogens is 1. The number of nitrogens with zero attached hydrogens (tertiary/aromatic N) is 1. The molecule has 0 saturated carbocycles. The Morgan fingerprint density at radius 1 is 1.22 bits per heavy atom. The summed E-state index contributed by atoms with van der Waals surface area (Å²) in [5.74, 6) is -0.476. The summed E-state index contributed by atoms with van der Waals surface area (Å²) in [7, 11) is 0. The van der Waals surface area contributed by atoms with Crippen molar-refractivity contribution in [3.8, 4) is 5.88 Å². The zero-order valence-corrected chi connectivity index (χ0v) is 14.1. The third-order valence-electron chi connectivity index (χ3n) is 2.83. The SMILES string of the molecule is CCOc1ncccc1C(=O)NCC(=O)Nc1ccc(Br)cc1. The molecule has 0 atom stereocenters. The molecule has 0 saturated heterocycles. The van der Waals surface area contributed by atoms with E-state index in [-0.39, 0.29) is 18.3 Å². The minimum atomic E-state index is -0.410. The van der Waals surface area contributed by atoms with Gasteiger partial charge >= 0.3 is 0 Å². The van der Waals surface area contributed by atoms with Crippen LogP contribution in [0.3, 0.4) is 0 Å². The number of rotatable bonds is 6. The standard InChI is InChI=1S/C16H16BrN3O3/c1-2-23-16-13(4-3-9-18-16)15(22)19-10-14(21)20-12-7-5-11(17)6-8-12/h3-9H,2,10H2,1H3,(H,19,22)(H,20,21). The monoisotopic (exact) mass is 377 g/mol. The van der Waals surface area contributed by atoms with E-state index < -0.39 is 5.91 Å². The molecule has 2 N–H and O–H groups in total. The van der Waals surface area contributed by atoms with E-state index in [2.05, 4.69) is 31.5 Å². The van der Waals surface area contributed by atoms with Gasteiger partial charge in [-0.05, 0) is 43.3 Å². The third-order valence-corrected chi connectivity index (χ3v) is 3.36. The van der Waals surface area contributed by atoms with Crippen LogP contribution < -0.4 is 15.4 Å². The normalized spacial score (nSPS) is 10.0. The first-order valence-corrected chi connectivity index (χ1v) is 7.81. The summed E-state index contributed by atoms with van der Waals surface area (Å²) in [4.78, 5) is 28.0. The highest BCUT2D eigenvalue weighted by Crippen LogP contribution is 2.15. The van der Waals surface area contributed by atoms with Crippen molar-refractivity contribution < 1.29 is 14.3 Å². The highest BCUT2D eigenvalue weighted by Gasteiger charge is 2.14. The maximum atomic E-state index is 12.1. The Morgan fingerprint density at radius 3 is 2.65 bits per heavy atom. The second-order valence-corrected chi connectivity index (χ2v) is 5.44. The molecule has 2 rings (SSSR count). The molecule has 0 unspecified atom stereocenters. The van der Waals surface area contributed by atoms with Crippen LogP contribution in [0.15, 0.2) is 47.1 Å². The Morgan fingerprint density at radius 2 is 1.96 bits per heavy atom. The summed E-state index contributed by atoms with van der Waals surface area (Å²) in [6, 6.07) is 10.4. The van der Waals surface area contributed by atoms with Crippen LogP contribution in [0.2, 0.25) is 0 Å². The van der Waals surface area contributed by atoms with Gasteiger partial charge in [-0.25, -0.2) is 4.98 Å². The van der Waals surface area contributed by atoms with Crippen LogP contribution in [-0.2, 0) is 4.79 Å². The molecular weight excluding hydrogens is 362 g/mol. The number of anilines is 1. The van der Waals surface area contributed by atoms with E-state index in [1.807, 2.05) is 19.1 Å². The molecule has 0 radical (unpaired) electrons. The molecule has 1 heterocycles. The molecule has 0 bridgehead atoms. The largest absolute Gasteiger partial charge is 0.477 e. The first-order chi connectivity index (χ1) is 11.1. The molecule has 7 heteroatoms. The van der Waals surface area contributed by atoms with Gasteiger partial charge in [-0.3, -0.25) is 9.59 Å². The molecular formula is C16H16BrN3O3. The van der Waals surface area contributed by atoms with Gasteiger partial charge < -0.3 is 15.4 Å². The van der Waals surface area contributed by atoms with E-state index in [4.69, 9.17) is 4.74 Å². The Balaban J connectivity index is 1.91. The Hall–Kier alpha value is -2.41. The summed E-state index contributed by atoms with van der Waals surface area (Å²) < 4.78 is 6.22. The van der Waals surface area contributed by atoms with Gasteiger partial charge in [0.1, 0.15) is 5.56 Å². The van der Waals surface area contributed by atoms with Gasteiger partial charge in [0.05, 0.1) is 13.2 Å². The van der Waals surface area contributed by atoms with Crippen LogP contribution >= 0.6 is 15.9 Å². The third kappa shape index (κ3) is 5.07. The average molecular weight is 378 g/mol. The van der Waals surface area contributed by atoms with Crippen LogP contribution in [0.1, 0.15) is 17.3 Å². The Bertz CT molecular complexity index is 689. The van der Waals surface area contributed by atoms with Gasteiger partial charge in [0.25, 0.3) is 5.91 Å². The summed E-state index contributed by atoms with van der Waals surface area (Å²) >= 11 is 3.32. The highest BCUT2D eigenvalue weighted by atomic mass is 79.9. The van der Waals surface area contributed by atoms with Crippen molar-refractivity contribution in [1.82, 2.24) is 10.3 Å². The van der Waals surface area contributed by atoms with Crippen molar-refractivity contribution >= 4 is 33.4 Å². The maximum Gasteiger partial charge on any atom is 0.257 e. The summed E-state index contributed by atoms with van der Waals surface area (Å²) in [6.07, 6.45) is 1.54. The fourth-order valence-corrected chi connectivity index (χ4v) is 2.07. The van der Waals surface area contributed by atoms with E-state index >= 15 is 0 Å². The van der Waals surface area contributed by atoms with Crippen LogP contribution in [0.4, 0.5) is 5.69 Å². The fourth-order valence-electron chi connectivity index (χ4n) is 1.81. The van der Waals surface area contributed by atoms with Crippen molar-refractivity contribution in [2.24, 2.45) is 0 Å². The lowest BCUT2D eigenvalue weighted by Gasteiger charge is -2.09. The number of amides is 2. The number of carbonyl (C=O) groups is 2. The number of pyridine rings is 1. The molecule has 2 aromatic rings. The molecule has 0 aliphatic rings. The van der Waals surface area contributed by atoms with Crippen LogP contribution in [0.5, 0.6) is 5.88 Å². The molecule has 0 aliphatic heterocycles. The van der Waals surface area contributed by atoms with Gasteiger partial charge in [-0.15, -0.1) is 0 Å². The maximum absolute atomic E-state index is 12.1. The lowest BCUT2D eigenvalue weighted by molar-refractivity contribution is -0.115. The molecule has 0 spiro atoms. The van der Waals surface area contributed by atoms with Gasteiger partial charge in [-0.2, -0.15) is 0 Å². The van der Waals surface area contributed by atoms with Gasteiger partial charge in [0, 0.05) is 16.4 Å². The molecule has 120 valence electrons. The molecule has 6 nitrogen and oxygen atoms in total. The molecule has 2 amide bonds. The number of nitrogens with one attached hydrogen (secondary N) is 2. The lowest BCUT2D eigenvalue weighted by Crippen LogP contribution is -2.33. The van der Waals surface area contributed by atoms with E-state index in [1.54, 1.807) is 30.5 Å². The molecule has 0 fully saturated rings. The fraction of sp³-hybridized carbons (Fsp3) is 0.188.